The molecule has 2 aromatic rings. The molecule has 1 N–H and O–H groups in total. The number of rotatable bonds is 5. The molecule has 6 heteroatoms. The van der Waals surface area contributed by atoms with E-state index in [9.17, 15) is 4.79 Å². The Morgan fingerprint density at radius 2 is 2.17 bits per heavy atom. The molecule has 1 saturated heterocycles. The van der Waals surface area contributed by atoms with Gasteiger partial charge in [0.05, 0.1) is 11.4 Å². The van der Waals surface area contributed by atoms with Crippen LogP contribution >= 0.6 is 11.8 Å². The molecule has 1 aromatic carbocycles. The first-order chi connectivity index (χ1) is 11.6. The number of thioether (sulfide) groups is 1. The second-order valence-corrected chi connectivity index (χ2v) is 7.06. The molecule has 1 aromatic heterocycles. The van der Waals surface area contributed by atoms with Gasteiger partial charge in [-0.15, -0.1) is 11.8 Å². The number of amides is 1. The molecule has 24 heavy (non-hydrogen) atoms. The first-order valence-electron chi connectivity index (χ1n) is 8.25. The Labute approximate surface area is 146 Å². The summed E-state index contributed by atoms with van der Waals surface area (Å²) in [6.45, 7) is 5.87. The van der Waals surface area contributed by atoms with Gasteiger partial charge < -0.3 is 14.6 Å². The Morgan fingerprint density at radius 1 is 1.38 bits per heavy atom. The molecule has 0 aliphatic carbocycles. The molecule has 0 bridgehead atoms. The number of oxazole rings is 1. The summed E-state index contributed by atoms with van der Waals surface area (Å²) in [5.41, 5.74) is 1.84. The van der Waals surface area contributed by atoms with Gasteiger partial charge in [-0.3, -0.25) is 4.79 Å². The maximum atomic E-state index is 12.4. The van der Waals surface area contributed by atoms with Crippen molar-refractivity contribution in [2.45, 2.75) is 31.7 Å². The molecule has 2 heterocycles. The summed E-state index contributed by atoms with van der Waals surface area (Å²) in [7, 11) is 0. The van der Waals surface area contributed by atoms with Crippen LogP contribution in [-0.2, 0) is 10.5 Å². The van der Waals surface area contributed by atoms with Crippen LogP contribution < -0.4 is 5.32 Å². The molecule has 3 rings (SSSR count). The predicted molar refractivity (Wildman–Crippen MR) is 96.7 cm³/mol. The number of hydrogen-bond donors (Lipinski definition) is 1. The number of carbonyl (C=O) groups excluding carboxylic acids is 1. The van der Waals surface area contributed by atoms with Crippen molar-refractivity contribution < 1.29 is 9.21 Å². The van der Waals surface area contributed by atoms with Crippen LogP contribution in [-0.4, -0.2) is 46.7 Å². The first-order valence-corrected chi connectivity index (χ1v) is 9.41. The fraction of sp³-hybridized carbons (Fsp3) is 0.444. The van der Waals surface area contributed by atoms with Gasteiger partial charge in [0.15, 0.2) is 0 Å². The zero-order valence-corrected chi connectivity index (χ0v) is 14.9. The molecular weight excluding hydrogens is 322 g/mol. The van der Waals surface area contributed by atoms with Gasteiger partial charge in [-0.1, -0.05) is 18.2 Å². The highest BCUT2D eigenvalue weighted by molar-refractivity contribution is 7.99. The molecule has 2 unspecified atom stereocenters. The van der Waals surface area contributed by atoms with E-state index in [-0.39, 0.29) is 11.9 Å². The van der Waals surface area contributed by atoms with Crippen molar-refractivity contribution >= 4 is 17.7 Å². The van der Waals surface area contributed by atoms with Crippen molar-refractivity contribution in [2.75, 3.05) is 18.8 Å². The number of hydrogen-bond acceptors (Lipinski definition) is 5. The molecule has 0 spiro atoms. The van der Waals surface area contributed by atoms with Gasteiger partial charge >= 0.3 is 0 Å². The lowest BCUT2D eigenvalue weighted by Crippen LogP contribution is -2.57. The molecule has 1 amide bonds. The molecule has 1 fully saturated rings. The summed E-state index contributed by atoms with van der Waals surface area (Å²) < 4.78 is 5.53. The maximum absolute atomic E-state index is 12.4. The largest absolute Gasteiger partial charge is 0.444 e. The lowest BCUT2D eigenvalue weighted by Gasteiger charge is -2.38. The Balaban J connectivity index is 1.50. The van der Waals surface area contributed by atoms with Gasteiger partial charge in [-0.25, -0.2) is 4.98 Å². The fourth-order valence-corrected chi connectivity index (χ4v) is 3.61. The van der Waals surface area contributed by atoms with E-state index in [1.807, 2.05) is 35.2 Å². The Hall–Kier alpha value is -1.79. The van der Waals surface area contributed by atoms with Crippen LogP contribution in [0.3, 0.4) is 0 Å². The molecule has 2 atom stereocenters. The quantitative estimate of drug-likeness (QED) is 0.903. The van der Waals surface area contributed by atoms with E-state index in [1.165, 1.54) is 0 Å². The van der Waals surface area contributed by atoms with Gasteiger partial charge in [0, 0.05) is 36.5 Å². The number of nitrogens with zero attached hydrogens (tertiary/aromatic N) is 2. The van der Waals surface area contributed by atoms with E-state index >= 15 is 0 Å². The van der Waals surface area contributed by atoms with Gasteiger partial charge in [-0.05, 0) is 26.0 Å². The van der Waals surface area contributed by atoms with Crippen LogP contribution in [0.15, 0.2) is 41.0 Å². The molecule has 128 valence electrons. The van der Waals surface area contributed by atoms with E-state index in [1.54, 1.807) is 18.0 Å². The summed E-state index contributed by atoms with van der Waals surface area (Å²) in [6.07, 6.45) is 1.68. The normalized spacial score (nSPS) is 21.0. The topological polar surface area (TPSA) is 58.4 Å². The monoisotopic (exact) mass is 345 g/mol. The van der Waals surface area contributed by atoms with Crippen LogP contribution in [0.5, 0.6) is 0 Å². The van der Waals surface area contributed by atoms with Gasteiger partial charge in [-0.2, -0.15) is 0 Å². The minimum atomic E-state index is 0.202. The van der Waals surface area contributed by atoms with Crippen molar-refractivity contribution in [3.05, 3.63) is 42.3 Å². The maximum Gasteiger partial charge on any atom is 0.232 e. The lowest BCUT2D eigenvalue weighted by atomic mass is 10.1. The van der Waals surface area contributed by atoms with Crippen molar-refractivity contribution in [3.63, 3.8) is 0 Å². The zero-order chi connectivity index (χ0) is 16.9. The van der Waals surface area contributed by atoms with Crippen LogP contribution in [0.1, 0.15) is 19.5 Å². The summed E-state index contributed by atoms with van der Waals surface area (Å²) in [4.78, 5) is 18.9. The highest BCUT2D eigenvalue weighted by Crippen LogP contribution is 2.21. The minimum Gasteiger partial charge on any atom is -0.444 e. The average molecular weight is 345 g/mol. The zero-order valence-electron chi connectivity index (χ0n) is 14.1. The summed E-state index contributed by atoms with van der Waals surface area (Å²) in [6, 6.07) is 10.4. The molecule has 1 aliphatic rings. The second-order valence-electron chi connectivity index (χ2n) is 6.07. The molecule has 5 nitrogen and oxygen atoms in total. The lowest BCUT2D eigenvalue weighted by molar-refractivity contribution is -0.131. The third-order valence-corrected chi connectivity index (χ3v) is 5.35. The minimum absolute atomic E-state index is 0.202. The number of piperazine rings is 1. The summed E-state index contributed by atoms with van der Waals surface area (Å²) in [5.74, 6) is 1.98. The molecular formula is C18H23N3O2S. The number of benzene rings is 1. The second kappa shape index (κ2) is 7.85. The van der Waals surface area contributed by atoms with Crippen molar-refractivity contribution in [1.29, 1.82) is 0 Å². The van der Waals surface area contributed by atoms with Crippen molar-refractivity contribution in [1.82, 2.24) is 15.2 Å². The molecule has 1 aliphatic heterocycles. The number of nitrogens with one attached hydrogen (secondary N) is 1. The van der Waals surface area contributed by atoms with Crippen molar-refractivity contribution in [3.8, 4) is 11.5 Å². The van der Waals surface area contributed by atoms with E-state index in [2.05, 4.69) is 24.1 Å². The average Bonchev–Trinajstić information content (AvgIpc) is 3.07. The Kier molecular flexibility index (Phi) is 5.58. The third kappa shape index (κ3) is 3.99. The van der Waals surface area contributed by atoms with Gasteiger partial charge in [0.2, 0.25) is 11.8 Å². The van der Waals surface area contributed by atoms with E-state index in [0.717, 1.165) is 24.3 Å². The summed E-state index contributed by atoms with van der Waals surface area (Å²) >= 11 is 1.59. The SMILES string of the molecule is CC1NCCN(C(=O)CSCc2coc(-c3ccccc3)n2)C1C. The van der Waals surface area contributed by atoms with Crippen LogP contribution in [0.25, 0.3) is 11.5 Å². The highest BCUT2D eigenvalue weighted by Gasteiger charge is 2.27. The van der Waals surface area contributed by atoms with Crippen LogP contribution in [0.4, 0.5) is 0 Å². The van der Waals surface area contributed by atoms with Crippen molar-refractivity contribution in [2.24, 2.45) is 0 Å². The first kappa shape index (κ1) is 17.0. The fourth-order valence-electron chi connectivity index (χ4n) is 2.82. The van der Waals surface area contributed by atoms with Crippen LogP contribution in [0.2, 0.25) is 0 Å². The Morgan fingerprint density at radius 3 is 2.96 bits per heavy atom. The molecule has 0 radical (unpaired) electrons. The van der Waals surface area contributed by atoms with E-state index in [0.29, 0.717) is 23.4 Å². The Bertz CT molecular complexity index is 674. The van der Waals surface area contributed by atoms with Gasteiger partial charge in [0.1, 0.15) is 6.26 Å². The standard InChI is InChI=1S/C18H23N3O2S/c1-13-14(2)21(9-8-19-13)17(22)12-24-11-16-10-23-18(20-16)15-6-4-3-5-7-15/h3-7,10,13-14,19H,8-9,11-12H2,1-2H3. The van der Waals surface area contributed by atoms with E-state index < -0.39 is 0 Å². The number of aromatic nitrogens is 1. The molecule has 0 saturated carbocycles. The highest BCUT2D eigenvalue weighted by atomic mass is 32.2. The number of carbonyl (C=O) groups is 1. The van der Waals surface area contributed by atoms with Crippen LogP contribution in [0, 0.1) is 0 Å². The third-order valence-electron chi connectivity index (χ3n) is 4.40. The smallest absolute Gasteiger partial charge is 0.232 e. The predicted octanol–water partition coefficient (Wildman–Crippen LogP) is 2.78. The van der Waals surface area contributed by atoms with Gasteiger partial charge in [0.25, 0.3) is 0 Å². The van der Waals surface area contributed by atoms with E-state index in [4.69, 9.17) is 4.42 Å². The summed E-state index contributed by atoms with van der Waals surface area (Å²) in [5, 5.41) is 3.39.